The summed E-state index contributed by atoms with van der Waals surface area (Å²) >= 11 is 0. The van der Waals surface area contributed by atoms with Gasteiger partial charge in [0.05, 0.1) is 24.9 Å². The molecule has 1 N–H and O–H groups in total. The molecule has 0 radical (unpaired) electrons. The van der Waals surface area contributed by atoms with Gasteiger partial charge >= 0.3 is 0 Å². The number of hydrogen-bond donors (Lipinski definition) is 1. The molecule has 1 aromatic carbocycles. The topological polar surface area (TPSA) is 30.5 Å². The molecule has 0 saturated heterocycles. The van der Waals surface area contributed by atoms with Gasteiger partial charge in [0, 0.05) is 0 Å². The van der Waals surface area contributed by atoms with Crippen LogP contribution in [-0.4, -0.2) is 25.4 Å². The fourth-order valence-electron chi connectivity index (χ4n) is 1.89. The molecule has 1 atom stereocenters. The van der Waals surface area contributed by atoms with Crippen LogP contribution in [0.3, 0.4) is 0 Å². The maximum Gasteiger partial charge on any atom is 0.119 e. The monoisotopic (exact) mass is 279 g/mol. The number of benzene rings is 1. The van der Waals surface area contributed by atoms with E-state index >= 15 is 0 Å². The highest BCUT2D eigenvalue weighted by molar-refractivity contribution is 5.29. The molecule has 0 aliphatic heterocycles. The van der Waals surface area contributed by atoms with E-state index in [0.717, 1.165) is 18.7 Å². The zero-order valence-electron chi connectivity index (χ0n) is 13.5. The van der Waals surface area contributed by atoms with Crippen LogP contribution in [0.25, 0.3) is 0 Å². The molecule has 1 unspecified atom stereocenters. The third-order valence-electron chi connectivity index (χ3n) is 2.92. The molecule has 0 spiro atoms. The normalized spacial score (nSPS) is 13.2. The third-order valence-corrected chi connectivity index (χ3v) is 2.92. The largest absolute Gasteiger partial charge is 0.494 e. The molecule has 0 aliphatic rings. The van der Waals surface area contributed by atoms with Crippen molar-refractivity contribution in [3.63, 3.8) is 0 Å². The number of hydrogen-bond acceptors (Lipinski definition) is 3. The highest BCUT2D eigenvalue weighted by Gasteiger charge is 2.16. The van der Waals surface area contributed by atoms with Crippen molar-refractivity contribution in [2.75, 3.05) is 19.8 Å². The summed E-state index contributed by atoms with van der Waals surface area (Å²) in [6.45, 7) is 12.8. The molecular formula is C17H29NO2. The fraction of sp³-hybridized carbons (Fsp3) is 0.647. The number of nitrogens with one attached hydrogen (secondary N) is 1. The van der Waals surface area contributed by atoms with Gasteiger partial charge in [0.2, 0.25) is 0 Å². The molecule has 3 nitrogen and oxygen atoms in total. The lowest BCUT2D eigenvalue weighted by Crippen LogP contribution is -2.30. The third kappa shape index (κ3) is 6.40. The molecule has 20 heavy (non-hydrogen) atoms. The van der Waals surface area contributed by atoms with Gasteiger partial charge in [0.15, 0.2) is 0 Å². The van der Waals surface area contributed by atoms with Crippen LogP contribution in [0.4, 0.5) is 0 Å². The van der Waals surface area contributed by atoms with Crippen molar-refractivity contribution in [1.29, 1.82) is 0 Å². The van der Waals surface area contributed by atoms with Gasteiger partial charge in [0.1, 0.15) is 5.75 Å². The lowest BCUT2D eigenvalue weighted by atomic mass is 10.1. The van der Waals surface area contributed by atoms with Gasteiger partial charge in [-0.1, -0.05) is 19.1 Å². The Morgan fingerprint density at radius 1 is 1.10 bits per heavy atom. The fourth-order valence-corrected chi connectivity index (χ4v) is 1.89. The quantitative estimate of drug-likeness (QED) is 0.782. The predicted molar refractivity (Wildman–Crippen MR) is 84.4 cm³/mol. The first-order valence-electron chi connectivity index (χ1n) is 7.56. The van der Waals surface area contributed by atoms with Crippen molar-refractivity contribution in [3.8, 4) is 5.75 Å². The highest BCUT2D eigenvalue weighted by Crippen LogP contribution is 2.20. The van der Waals surface area contributed by atoms with Crippen LogP contribution in [-0.2, 0) is 4.74 Å². The molecule has 0 bridgehead atoms. The Labute approximate surface area is 123 Å². The van der Waals surface area contributed by atoms with Gasteiger partial charge in [-0.25, -0.2) is 0 Å². The van der Waals surface area contributed by atoms with Crippen LogP contribution in [0.1, 0.15) is 52.6 Å². The molecule has 0 fully saturated rings. The van der Waals surface area contributed by atoms with Crippen LogP contribution in [0.5, 0.6) is 5.75 Å². The summed E-state index contributed by atoms with van der Waals surface area (Å²) in [5, 5.41) is 3.54. The maximum atomic E-state index is 5.93. The van der Waals surface area contributed by atoms with Crippen LogP contribution in [0, 0.1) is 0 Å². The van der Waals surface area contributed by atoms with Gasteiger partial charge in [-0.05, 0) is 58.4 Å². The standard InChI is InChI=1S/C17H29NO2/c1-6-12-18-16(13-20-17(3,4)5)14-8-10-15(11-9-14)19-7-2/h8-11,16,18H,6-7,12-13H2,1-5H3. The first kappa shape index (κ1) is 17.0. The molecule has 1 rings (SSSR count). The van der Waals surface area contributed by atoms with E-state index in [1.54, 1.807) is 0 Å². The highest BCUT2D eigenvalue weighted by atomic mass is 16.5. The van der Waals surface area contributed by atoms with E-state index in [2.05, 4.69) is 45.1 Å². The smallest absolute Gasteiger partial charge is 0.119 e. The summed E-state index contributed by atoms with van der Waals surface area (Å²) in [6.07, 6.45) is 1.11. The molecule has 1 aromatic rings. The number of ether oxygens (including phenoxy) is 2. The molecule has 0 heterocycles. The Bertz CT molecular complexity index is 368. The molecule has 0 saturated carbocycles. The first-order valence-corrected chi connectivity index (χ1v) is 7.56. The van der Waals surface area contributed by atoms with E-state index in [-0.39, 0.29) is 11.6 Å². The lowest BCUT2D eigenvalue weighted by Gasteiger charge is -2.25. The van der Waals surface area contributed by atoms with Crippen molar-refractivity contribution >= 4 is 0 Å². The average Bonchev–Trinajstić information content (AvgIpc) is 2.39. The zero-order valence-corrected chi connectivity index (χ0v) is 13.5. The van der Waals surface area contributed by atoms with E-state index in [9.17, 15) is 0 Å². The summed E-state index contributed by atoms with van der Waals surface area (Å²) in [5.41, 5.74) is 1.13. The molecule has 0 amide bonds. The summed E-state index contributed by atoms with van der Waals surface area (Å²) in [5.74, 6) is 0.919. The minimum atomic E-state index is -0.114. The van der Waals surface area contributed by atoms with Crippen LogP contribution in [0.15, 0.2) is 24.3 Å². The Kier molecular flexibility index (Phi) is 7.03. The van der Waals surface area contributed by atoms with Crippen LogP contribution < -0.4 is 10.1 Å². The minimum Gasteiger partial charge on any atom is -0.494 e. The predicted octanol–water partition coefficient (Wildman–Crippen LogP) is 3.94. The summed E-state index contributed by atoms with van der Waals surface area (Å²) < 4.78 is 11.4. The molecule has 0 aromatic heterocycles. The Hall–Kier alpha value is -1.06. The second-order valence-electron chi connectivity index (χ2n) is 5.93. The molecule has 0 aliphatic carbocycles. The van der Waals surface area contributed by atoms with Gasteiger partial charge in [-0.3, -0.25) is 0 Å². The average molecular weight is 279 g/mol. The molecule has 114 valence electrons. The van der Waals surface area contributed by atoms with Gasteiger partial charge in [-0.15, -0.1) is 0 Å². The second-order valence-corrected chi connectivity index (χ2v) is 5.93. The Morgan fingerprint density at radius 3 is 2.25 bits per heavy atom. The first-order chi connectivity index (χ1) is 9.46. The zero-order chi connectivity index (χ0) is 15.0. The minimum absolute atomic E-state index is 0.114. The SMILES string of the molecule is CCCNC(COC(C)(C)C)c1ccc(OCC)cc1. The number of rotatable bonds is 8. The van der Waals surface area contributed by atoms with E-state index in [4.69, 9.17) is 9.47 Å². The maximum absolute atomic E-state index is 5.93. The van der Waals surface area contributed by atoms with Gasteiger partial charge in [0.25, 0.3) is 0 Å². The van der Waals surface area contributed by atoms with E-state index in [0.29, 0.717) is 13.2 Å². The summed E-state index contributed by atoms with van der Waals surface area (Å²) in [6, 6.07) is 8.51. The van der Waals surface area contributed by atoms with Crippen molar-refractivity contribution in [1.82, 2.24) is 5.32 Å². The Morgan fingerprint density at radius 2 is 1.75 bits per heavy atom. The second kappa shape index (κ2) is 8.28. The van der Waals surface area contributed by atoms with Crippen LogP contribution >= 0.6 is 0 Å². The van der Waals surface area contributed by atoms with E-state index < -0.39 is 0 Å². The van der Waals surface area contributed by atoms with Crippen molar-refractivity contribution < 1.29 is 9.47 Å². The van der Waals surface area contributed by atoms with Crippen molar-refractivity contribution in [3.05, 3.63) is 29.8 Å². The van der Waals surface area contributed by atoms with Crippen LogP contribution in [0.2, 0.25) is 0 Å². The van der Waals surface area contributed by atoms with Crippen molar-refractivity contribution in [2.24, 2.45) is 0 Å². The summed E-state index contributed by atoms with van der Waals surface area (Å²) in [7, 11) is 0. The van der Waals surface area contributed by atoms with Crippen molar-refractivity contribution in [2.45, 2.75) is 52.7 Å². The van der Waals surface area contributed by atoms with E-state index in [1.165, 1.54) is 5.56 Å². The van der Waals surface area contributed by atoms with E-state index in [1.807, 2.05) is 19.1 Å². The molecular weight excluding hydrogens is 250 g/mol. The van der Waals surface area contributed by atoms with Gasteiger partial charge < -0.3 is 14.8 Å². The Balaban J connectivity index is 2.70. The molecule has 3 heteroatoms. The lowest BCUT2D eigenvalue weighted by molar-refractivity contribution is -0.0147. The summed E-state index contributed by atoms with van der Waals surface area (Å²) in [4.78, 5) is 0. The van der Waals surface area contributed by atoms with Gasteiger partial charge in [-0.2, -0.15) is 0 Å².